The molecular weight excluding hydrogens is 264 g/mol. The highest BCUT2D eigenvalue weighted by Crippen LogP contribution is 2.05. The number of carboxylic acid groups (broad SMARTS) is 1. The van der Waals surface area contributed by atoms with E-state index in [0.29, 0.717) is 13.0 Å². The Balaban J connectivity index is 1.94. The molecule has 1 heterocycles. The summed E-state index contributed by atoms with van der Waals surface area (Å²) < 4.78 is 0. The third-order valence-corrected chi connectivity index (χ3v) is 2.62. The first-order chi connectivity index (χ1) is 9.56. The summed E-state index contributed by atoms with van der Waals surface area (Å²) in [6.07, 6.45) is 0.583. The molecule has 8 heteroatoms. The van der Waals surface area contributed by atoms with E-state index in [0.717, 1.165) is 5.56 Å². The van der Waals surface area contributed by atoms with Crippen LogP contribution in [0.5, 0.6) is 0 Å². The lowest BCUT2D eigenvalue weighted by atomic mass is 10.1. The molecule has 0 saturated heterocycles. The topological polar surface area (TPSA) is 128 Å². The van der Waals surface area contributed by atoms with Gasteiger partial charge in [0.2, 0.25) is 5.82 Å². The quantitative estimate of drug-likeness (QED) is 0.599. The zero-order valence-electron chi connectivity index (χ0n) is 10.3. The fourth-order valence-electron chi connectivity index (χ4n) is 1.61. The predicted octanol–water partition coefficient (Wildman–Crippen LogP) is -0.189. The van der Waals surface area contributed by atoms with Crippen molar-refractivity contribution in [2.75, 3.05) is 11.9 Å². The van der Waals surface area contributed by atoms with Crippen LogP contribution in [0, 0.1) is 0 Å². The SMILES string of the molecule is O=C(O)c1ccc(CCNc2n[nH]c(=O)[nH]c2=O)cc1. The summed E-state index contributed by atoms with van der Waals surface area (Å²) in [4.78, 5) is 34.9. The molecule has 0 aliphatic carbocycles. The van der Waals surface area contributed by atoms with Gasteiger partial charge in [-0.2, -0.15) is 0 Å². The van der Waals surface area contributed by atoms with Gasteiger partial charge in [0.15, 0.2) is 0 Å². The molecule has 0 spiro atoms. The van der Waals surface area contributed by atoms with Gasteiger partial charge in [-0.15, -0.1) is 5.10 Å². The predicted molar refractivity (Wildman–Crippen MR) is 71.1 cm³/mol. The van der Waals surface area contributed by atoms with E-state index in [2.05, 4.69) is 20.5 Å². The Labute approximate surface area is 112 Å². The molecule has 104 valence electrons. The van der Waals surface area contributed by atoms with Crippen molar-refractivity contribution < 1.29 is 9.90 Å². The lowest BCUT2D eigenvalue weighted by molar-refractivity contribution is 0.0697. The molecule has 0 aliphatic heterocycles. The number of aromatic nitrogens is 3. The molecule has 4 N–H and O–H groups in total. The van der Waals surface area contributed by atoms with Gasteiger partial charge in [-0.25, -0.2) is 14.7 Å². The smallest absolute Gasteiger partial charge is 0.342 e. The summed E-state index contributed by atoms with van der Waals surface area (Å²) in [7, 11) is 0. The fraction of sp³-hybridized carbons (Fsp3) is 0.167. The number of H-pyrrole nitrogens is 2. The highest BCUT2D eigenvalue weighted by molar-refractivity contribution is 5.87. The normalized spacial score (nSPS) is 10.2. The van der Waals surface area contributed by atoms with Crippen LogP contribution in [0.1, 0.15) is 15.9 Å². The first-order valence-electron chi connectivity index (χ1n) is 5.81. The highest BCUT2D eigenvalue weighted by Gasteiger charge is 2.03. The van der Waals surface area contributed by atoms with E-state index in [1.165, 1.54) is 12.1 Å². The maximum atomic E-state index is 11.3. The lowest BCUT2D eigenvalue weighted by Crippen LogP contribution is -2.27. The summed E-state index contributed by atoms with van der Waals surface area (Å²) in [5.41, 5.74) is -0.108. The van der Waals surface area contributed by atoms with Crippen molar-refractivity contribution in [2.24, 2.45) is 0 Å². The monoisotopic (exact) mass is 276 g/mol. The number of carbonyl (C=O) groups is 1. The van der Waals surface area contributed by atoms with Crippen molar-refractivity contribution in [1.82, 2.24) is 15.2 Å². The van der Waals surface area contributed by atoms with Gasteiger partial charge >= 0.3 is 11.7 Å². The van der Waals surface area contributed by atoms with Gasteiger partial charge < -0.3 is 10.4 Å². The fourth-order valence-corrected chi connectivity index (χ4v) is 1.61. The number of hydrogen-bond acceptors (Lipinski definition) is 5. The molecule has 0 saturated carbocycles. The molecule has 0 bridgehead atoms. The zero-order valence-corrected chi connectivity index (χ0v) is 10.3. The summed E-state index contributed by atoms with van der Waals surface area (Å²) in [5, 5.41) is 17.2. The Kier molecular flexibility index (Phi) is 3.94. The second kappa shape index (κ2) is 5.83. The molecule has 1 aromatic carbocycles. The van der Waals surface area contributed by atoms with Crippen LogP contribution in [0.25, 0.3) is 0 Å². The number of aromatic amines is 2. The van der Waals surface area contributed by atoms with E-state index in [-0.39, 0.29) is 11.4 Å². The van der Waals surface area contributed by atoms with E-state index < -0.39 is 17.2 Å². The van der Waals surface area contributed by atoms with Crippen LogP contribution in [0.4, 0.5) is 5.82 Å². The standard InChI is InChI=1S/C12H12N4O4/c17-10-9(15-16-12(20)14-10)13-6-5-7-1-3-8(4-2-7)11(18)19/h1-4H,5-6H2,(H,13,15)(H,18,19)(H2,14,16,17,20). The van der Waals surface area contributed by atoms with Crippen molar-refractivity contribution in [3.05, 3.63) is 56.2 Å². The van der Waals surface area contributed by atoms with Crippen molar-refractivity contribution >= 4 is 11.8 Å². The van der Waals surface area contributed by atoms with E-state index in [9.17, 15) is 14.4 Å². The maximum Gasteiger partial charge on any atom is 0.342 e. The number of hydrogen-bond donors (Lipinski definition) is 4. The van der Waals surface area contributed by atoms with Gasteiger partial charge in [0.25, 0.3) is 5.56 Å². The van der Waals surface area contributed by atoms with Gasteiger partial charge in [-0.3, -0.25) is 9.78 Å². The van der Waals surface area contributed by atoms with Crippen molar-refractivity contribution in [1.29, 1.82) is 0 Å². The summed E-state index contributed by atoms with van der Waals surface area (Å²) in [6, 6.07) is 6.44. The van der Waals surface area contributed by atoms with Crippen LogP contribution in [0.15, 0.2) is 33.9 Å². The van der Waals surface area contributed by atoms with Gasteiger partial charge in [0, 0.05) is 6.54 Å². The van der Waals surface area contributed by atoms with Gasteiger partial charge in [0.05, 0.1) is 5.56 Å². The third-order valence-electron chi connectivity index (χ3n) is 2.62. The van der Waals surface area contributed by atoms with Crippen LogP contribution >= 0.6 is 0 Å². The molecular formula is C12H12N4O4. The van der Waals surface area contributed by atoms with Crippen molar-refractivity contribution in [3.8, 4) is 0 Å². The number of benzene rings is 1. The molecule has 0 unspecified atom stereocenters. The number of nitrogens with zero attached hydrogens (tertiary/aromatic N) is 1. The van der Waals surface area contributed by atoms with E-state index in [1.54, 1.807) is 12.1 Å². The summed E-state index contributed by atoms with van der Waals surface area (Å²) in [6.45, 7) is 0.425. The van der Waals surface area contributed by atoms with E-state index in [1.807, 2.05) is 0 Å². The zero-order chi connectivity index (χ0) is 14.5. The lowest BCUT2D eigenvalue weighted by Gasteiger charge is -2.04. The third kappa shape index (κ3) is 3.31. The Morgan fingerprint density at radius 1 is 1.25 bits per heavy atom. The highest BCUT2D eigenvalue weighted by atomic mass is 16.4. The molecule has 1 aromatic heterocycles. The van der Waals surface area contributed by atoms with Crippen molar-refractivity contribution in [3.63, 3.8) is 0 Å². The minimum absolute atomic E-state index is 0.0340. The second-order valence-electron chi connectivity index (χ2n) is 4.03. The summed E-state index contributed by atoms with van der Waals surface area (Å²) >= 11 is 0. The number of nitrogens with one attached hydrogen (secondary N) is 3. The van der Waals surface area contributed by atoms with E-state index in [4.69, 9.17) is 5.11 Å². The Morgan fingerprint density at radius 3 is 2.55 bits per heavy atom. The largest absolute Gasteiger partial charge is 0.478 e. The first kappa shape index (κ1) is 13.5. The van der Waals surface area contributed by atoms with Crippen LogP contribution in [-0.4, -0.2) is 32.8 Å². The molecule has 8 nitrogen and oxygen atoms in total. The van der Waals surface area contributed by atoms with Gasteiger partial charge in [-0.1, -0.05) is 12.1 Å². The molecule has 0 amide bonds. The van der Waals surface area contributed by atoms with Crippen LogP contribution in [0.3, 0.4) is 0 Å². The molecule has 0 fully saturated rings. The number of anilines is 1. The van der Waals surface area contributed by atoms with Crippen molar-refractivity contribution in [2.45, 2.75) is 6.42 Å². The van der Waals surface area contributed by atoms with Gasteiger partial charge in [0.1, 0.15) is 0 Å². The number of aromatic carboxylic acids is 1. The van der Waals surface area contributed by atoms with Crippen LogP contribution in [-0.2, 0) is 6.42 Å². The molecule has 20 heavy (non-hydrogen) atoms. The Bertz CT molecular complexity index is 717. The first-order valence-corrected chi connectivity index (χ1v) is 5.81. The minimum atomic E-state index is -0.973. The minimum Gasteiger partial charge on any atom is -0.478 e. The average Bonchev–Trinajstić information content (AvgIpc) is 2.42. The molecule has 0 atom stereocenters. The Morgan fingerprint density at radius 2 is 1.95 bits per heavy atom. The second-order valence-corrected chi connectivity index (χ2v) is 4.03. The average molecular weight is 276 g/mol. The van der Waals surface area contributed by atoms with Gasteiger partial charge in [-0.05, 0) is 24.1 Å². The molecule has 0 radical (unpaired) electrons. The summed E-state index contributed by atoms with van der Waals surface area (Å²) in [5.74, 6) is -0.939. The van der Waals surface area contributed by atoms with E-state index >= 15 is 0 Å². The van der Waals surface area contributed by atoms with Crippen LogP contribution < -0.4 is 16.6 Å². The number of carboxylic acids is 1. The maximum absolute atomic E-state index is 11.3. The molecule has 2 aromatic rings. The van der Waals surface area contributed by atoms with Crippen LogP contribution in [0.2, 0.25) is 0 Å². The molecule has 0 aliphatic rings. The Hall–Kier alpha value is -2.90. The number of rotatable bonds is 5. The molecule has 2 rings (SSSR count).